The molecule has 2 atom stereocenters. The largest absolute Gasteiger partial charge is 0.393 e. The van der Waals surface area contributed by atoms with Crippen LogP contribution >= 0.6 is 0 Å². The van der Waals surface area contributed by atoms with Crippen molar-refractivity contribution in [3.05, 3.63) is 42.7 Å². The summed E-state index contributed by atoms with van der Waals surface area (Å²) in [7, 11) is 1.77. The molecule has 24 heavy (non-hydrogen) atoms. The SMILES string of the molecule is CN(CC1CCCCC1O)C(=O)Nc1ccccc1-n1cccn1. The van der Waals surface area contributed by atoms with E-state index in [1.54, 1.807) is 22.8 Å². The van der Waals surface area contributed by atoms with Crippen molar-refractivity contribution in [3.63, 3.8) is 0 Å². The summed E-state index contributed by atoms with van der Waals surface area (Å²) in [6, 6.07) is 9.23. The Kier molecular flexibility index (Phi) is 5.15. The first-order valence-electron chi connectivity index (χ1n) is 8.44. The van der Waals surface area contributed by atoms with Crippen LogP contribution < -0.4 is 5.32 Å². The molecule has 6 heteroatoms. The Morgan fingerprint density at radius 2 is 2.12 bits per heavy atom. The summed E-state index contributed by atoms with van der Waals surface area (Å²) in [6.07, 6.45) is 7.25. The van der Waals surface area contributed by atoms with Gasteiger partial charge in [-0.25, -0.2) is 9.48 Å². The molecule has 0 saturated heterocycles. The van der Waals surface area contributed by atoms with E-state index in [-0.39, 0.29) is 18.1 Å². The number of para-hydroxylation sites is 2. The lowest BCUT2D eigenvalue weighted by Crippen LogP contribution is -2.40. The number of carbonyl (C=O) groups excluding carboxylic acids is 1. The maximum absolute atomic E-state index is 12.5. The molecule has 0 radical (unpaired) electrons. The van der Waals surface area contributed by atoms with Gasteiger partial charge in [0.05, 0.1) is 17.5 Å². The van der Waals surface area contributed by atoms with Gasteiger partial charge in [0.25, 0.3) is 0 Å². The van der Waals surface area contributed by atoms with Gasteiger partial charge >= 0.3 is 6.03 Å². The number of hydrogen-bond acceptors (Lipinski definition) is 3. The van der Waals surface area contributed by atoms with E-state index in [2.05, 4.69) is 10.4 Å². The van der Waals surface area contributed by atoms with Gasteiger partial charge in [0.2, 0.25) is 0 Å². The molecule has 128 valence electrons. The van der Waals surface area contributed by atoms with Crippen molar-refractivity contribution in [1.82, 2.24) is 14.7 Å². The van der Waals surface area contributed by atoms with Crippen molar-refractivity contribution in [3.8, 4) is 5.69 Å². The van der Waals surface area contributed by atoms with Gasteiger partial charge in [0, 0.05) is 31.9 Å². The molecule has 1 aliphatic rings. The van der Waals surface area contributed by atoms with Crippen LogP contribution in [-0.2, 0) is 0 Å². The van der Waals surface area contributed by atoms with E-state index in [4.69, 9.17) is 0 Å². The van der Waals surface area contributed by atoms with Crippen LogP contribution in [0.4, 0.5) is 10.5 Å². The first kappa shape index (κ1) is 16.5. The first-order chi connectivity index (χ1) is 11.6. The third-order valence-corrected chi connectivity index (χ3v) is 4.62. The Morgan fingerprint density at radius 1 is 1.33 bits per heavy atom. The monoisotopic (exact) mass is 328 g/mol. The summed E-state index contributed by atoms with van der Waals surface area (Å²) in [5, 5.41) is 17.3. The molecule has 1 fully saturated rings. The molecule has 1 saturated carbocycles. The van der Waals surface area contributed by atoms with Crippen LogP contribution in [0.3, 0.4) is 0 Å². The summed E-state index contributed by atoms with van der Waals surface area (Å²) in [5.41, 5.74) is 1.53. The minimum atomic E-state index is -0.301. The molecular formula is C18H24N4O2. The van der Waals surface area contributed by atoms with E-state index in [1.165, 1.54) is 0 Å². The highest BCUT2D eigenvalue weighted by molar-refractivity contribution is 5.91. The third-order valence-electron chi connectivity index (χ3n) is 4.62. The maximum atomic E-state index is 12.5. The zero-order valence-corrected chi connectivity index (χ0v) is 13.9. The molecule has 6 nitrogen and oxygen atoms in total. The van der Waals surface area contributed by atoms with Crippen molar-refractivity contribution < 1.29 is 9.90 Å². The van der Waals surface area contributed by atoms with E-state index in [1.807, 2.05) is 36.5 Å². The van der Waals surface area contributed by atoms with Gasteiger partial charge in [-0.2, -0.15) is 5.10 Å². The molecule has 2 N–H and O–H groups in total. The van der Waals surface area contributed by atoms with Gasteiger partial charge in [-0.1, -0.05) is 25.0 Å². The summed E-state index contributed by atoms with van der Waals surface area (Å²) in [5.74, 6) is 0.163. The van der Waals surface area contributed by atoms with Crippen LogP contribution in [0.5, 0.6) is 0 Å². The summed E-state index contributed by atoms with van der Waals surface area (Å²) in [4.78, 5) is 14.2. The van der Waals surface area contributed by atoms with Gasteiger partial charge < -0.3 is 15.3 Å². The average Bonchev–Trinajstić information content (AvgIpc) is 3.11. The highest BCUT2D eigenvalue weighted by Gasteiger charge is 2.25. The van der Waals surface area contributed by atoms with E-state index in [9.17, 15) is 9.90 Å². The smallest absolute Gasteiger partial charge is 0.321 e. The third kappa shape index (κ3) is 3.76. The Bertz CT molecular complexity index is 671. The van der Waals surface area contributed by atoms with Crippen LogP contribution in [0.2, 0.25) is 0 Å². The fraction of sp³-hybridized carbons (Fsp3) is 0.444. The van der Waals surface area contributed by atoms with Crippen molar-refractivity contribution in [2.24, 2.45) is 5.92 Å². The Morgan fingerprint density at radius 3 is 2.88 bits per heavy atom. The molecule has 2 amide bonds. The van der Waals surface area contributed by atoms with Crippen LogP contribution in [0, 0.1) is 5.92 Å². The number of nitrogens with zero attached hydrogens (tertiary/aromatic N) is 3. The molecule has 3 rings (SSSR count). The van der Waals surface area contributed by atoms with Crippen LogP contribution in [0.15, 0.2) is 42.7 Å². The number of anilines is 1. The zero-order valence-electron chi connectivity index (χ0n) is 13.9. The predicted octanol–water partition coefficient (Wildman–Crippen LogP) is 2.89. The fourth-order valence-corrected chi connectivity index (χ4v) is 3.24. The van der Waals surface area contributed by atoms with Gasteiger partial charge in [0.15, 0.2) is 0 Å². The molecule has 1 heterocycles. The fourth-order valence-electron chi connectivity index (χ4n) is 3.24. The number of aliphatic hydroxyl groups excluding tert-OH is 1. The van der Waals surface area contributed by atoms with Gasteiger partial charge in [-0.15, -0.1) is 0 Å². The minimum Gasteiger partial charge on any atom is -0.393 e. The molecule has 1 aromatic heterocycles. The average molecular weight is 328 g/mol. The van der Waals surface area contributed by atoms with E-state index in [0.29, 0.717) is 12.2 Å². The van der Waals surface area contributed by atoms with Crippen molar-refractivity contribution in [2.75, 3.05) is 18.9 Å². The number of rotatable bonds is 4. The van der Waals surface area contributed by atoms with E-state index in [0.717, 1.165) is 31.4 Å². The van der Waals surface area contributed by atoms with Crippen molar-refractivity contribution >= 4 is 11.7 Å². The van der Waals surface area contributed by atoms with Crippen LogP contribution in [0.25, 0.3) is 5.69 Å². The summed E-state index contributed by atoms with van der Waals surface area (Å²) in [6.45, 7) is 0.566. The molecule has 0 spiro atoms. The standard InChI is InChI=1S/C18H24N4O2/c1-21(13-14-7-2-5-10-17(14)23)18(24)20-15-8-3-4-9-16(15)22-12-6-11-19-22/h3-4,6,8-9,11-12,14,17,23H,2,5,7,10,13H2,1H3,(H,20,24). The second kappa shape index (κ2) is 7.49. The summed E-state index contributed by atoms with van der Waals surface area (Å²) >= 11 is 0. The van der Waals surface area contributed by atoms with Gasteiger partial charge in [0.1, 0.15) is 0 Å². The lowest BCUT2D eigenvalue weighted by molar-refractivity contribution is 0.0575. The zero-order chi connectivity index (χ0) is 16.9. The lowest BCUT2D eigenvalue weighted by atomic mass is 9.86. The second-order valence-corrected chi connectivity index (χ2v) is 6.39. The topological polar surface area (TPSA) is 70.4 Å². The van der Waals surface area contributed by atoms with E-state index < -0.39 is 0 Å². The molecule has 0 bridgehead atoms. The van der Waals surface area contributed by atoms with Crippen molar-refractivity contribution in [1.29, 1.82) is 0 Å². The van der Waals surface area contributed by atoms with Crippen molar-refractivity contribution in [2.45, 2.75) is 31.8 Å². The van der Waals surface area contributed by atoms with E-state index >= 15 is 0 Å². The maximum Gasteiger partial charge on any atom is 0.321 e. The summed E-state index contributed by atoms with van der Waals surface area (Å²) < 4.78 is 1.72. The highest BCUT2D eigenvalue weighted by atomic mass is 16.3. The number of nitrogens with one attached hydrogen (secondary N) is 1. The molecule has 1 aliphatic carbocycles. The molecule has 0 aliphatic heterocycles. The Hall–Kier alpha value is -2.34. The Balaban J connectivity index is 1.66. The molecule has 2 aromatic rings. The lowest BCUT2D eigenvalue weighted by Gasteiger charge is -2.31. The quantitative estimate of drug-likeness (QED) is 0.906. The van der Waals surface area contributed by atoms with Crippen LogP contribution in [0.1, 0.15) is 25.7 Å². The number of aliphatic hydroxyl groups is 1. The number of urea groups is 1. The van der Waals surface area contributed by atoms with Gasteiger partial charge in [-0.05, 0) is 31.0 Å². The van der Waals surface area contributed by atoms with Gasteiger partial charge in [-0.3, -0.25) is 0 Å². The predicted molar refractivity (Wildman–Crippen MR) is 93.2 cm³/mol. The number of carbonyl (C=O) groups is 1. The number of benzene rings is 1. The second-order valence-electron chi connectivity index (χ2n) is 6.39. The number of hydrogen-bond donors (Lipinski definition) is 2. The Labute approximate surface area is 142 Å². The van der Waals surface area contributed by atoms with Crippen LogP contribution in [-0.4, -0.2) is 45.5 Å². The highest BCUT2D eigenvalue weighted by Crippen LogP contribution is 2.25. The first-order valence-corrected chi connectivity index (χ1v) is 8.44. The number of amides is 2. The minimum absolute atomic E-state index is 0.163. The molecule has 2 unspecified atom stereocenters. The molecule has 1 aromatic carbocycles. The normalized spacial score (nSPS) is 20.6. The molecular weight excluding hydrogens is 304 g/mol. The number of aromatic nitrogens is 2.